The zero-order valence-corrected chi connectivity index (χ0v) is 15.2. The van der Waals surface area contributed by atoms with E-state index in [2.05, 4.69) is 34.7 Å². The molecule has 136 valence electrons. The predicted octanol–water partition coefficient (Wildman–Crippen LogP) is 6.83. The monoisotopic (exact) mass is 376 g/mol. The minimum Gasteiger partial charge on any atom is -0.456 e. The third-order valence-corrected chi connectivity index (χ3v) is 5.81. The smallest absolute Gasteiger partial charge is 0.146 e. The molecule has 3 heterocycles. The highest BCUT2D eigenvalue weighted by atomic mass is 19.1. The fourth-order valence-electron chi connectivity index (χ4n) is 4.55. The van der Waals surface area contributed by atoms with Crippen LogP contribution in [0.2, 0.25) is 0 Å². The fourth-order valence-corrected chi connectivity index (χ4v) is 4.55. The van der Waals surface area contributed by atoms with Gasteiger partial charge in [-0.05, 0) is 47.9 Å². The van der Waals surface area contributed by atoms with Crippen molar-refractivity contribution in [3.05, 3.63) is 84.7 Å². The molecule has 7 rings (SSSR count). The molecule has 3 nitrogen and oxygen atoms in total. The van der Waals surface area contributed by atoms with Crippen LogP contribution in [0.5, 0.6) is 0 Å². The van der Waals surface area contributed by atoms with Gasteiger partial charge in [0.05, 0.1) is 16.6 Å². The summed E-state index contributed by atoms with van der Waals surface area (Å²) in [5.41, 5.74) is 5.38. The molecule has 0 saturated carbocycles. The van der Waals surface area contributed by atoms with Crippen molar-refractivity contribution < 1.29 is 8.81 Å². The number of pyridine rings is 1. The molecule has 0 atom stereocenters. The van der Waals surface area contributed by atoms with Crippen LogP contribution in [0, 0.1) is 5.82 Å². The van der Waals surface area contributed by atoms with Gasteiger partial charge in [0.2, 0.25) is 0 Å². The largest absolute Gasteiger partial charge is 0.456 e. The first-order valence-corrected chi connectivity index (χ1v) is 9.51. The van der Waals surface area contributed by atoms with Gasteiger partial charge in [-0.1, -0.05) is 30.3 Å². The number of imidazole rings is 1. The molecule has 4 heteroatoms. The molecule has 0 fully saturated rings. The summed E-state index contributed by atoms with van der Waals surface area (Å²) in [6.07, 6.45) is 0. The standard InChI is InChI=1S/C25H13FN2O/c26-14-9-10-16-18-12-19-17(13-24(18)29-23(16)11-14)15-5-1-3-7-21(15)28-22-8-4-2-6-20(22)27-25(19)28/h1-13H. The Balaban J connectivity index is 1.80. The number of fused-ring (bicyclic) bond motifs is 11. The van der Waals surface area contributed by atoms with Crippen LogP contribution in [-0.2, 0) is 0 Å². The zero-order chi connectivity index (χ0) is 19.1. The van der Waals surface area contributed by atoms with Gasteiger partial charge in [-0.15, -0.1) is 0 Å². The Morgan fingerprint density at radius 3 is 2.38 bits per heavy atom. The summed E-state index contributed by atoms with van der Waals surface area (Å²) in [7, 11) is 0. The van der Waals surface area contributed by atoms with Crippen LogP contribution < -0.4 is 0 Å². The number of hydrogen-bond donors (Lipinski definition) is 0. The van der Waals surface area contributed by atoms with Crippen molar-refractivity contribution in [1.82, 2.24) is 9.38 Å². The summed E-state index contributed by atoms with van der Waals surface area (Å²) in [6.45, 7) is 0. The number of furan rings is 1. The second-order valence-corrected chi connectivity index (χ2v) is 7.41. The molecular formula is C25H13FN2O. The lowest BCUT2D eigenvalue weighted by molar-refractivity contribution is 0.618. The van der Waals surface area contributed by atoms with Crippen LogP contribution in [0.4, 0.5) is 4.39 Å². The Morgan fingerprint density at radius 1 is 0.655 bits per heavy atom. The van der Waals surface area contributed by atoms with Crippen molar-refractivity contribution in [2.45, 2.75) is 0 Å². The number of aromatic nitrogens is 2. The highest BCUT2D eigenvalue weighted by Crippen LogP contribution is 2.38. The van der Waals surface area contributed by atoms with E-state index in [4.69, 9.17) is 9.40 Å². The molecule has 0 bridgehead atoms. The Hall–Kier alpha value is -3.92. The molecule has 0 aliphatic carbocycles. The highest BCUT2D eigenvalue weighted by Gasteiger charge is 2.16. The molecule has 0 aliphatic rings. The topological polar surface area (TPSA) is 30.4 Å². The van der Waals surface area contributed by atoms with E-state index in [0.717, 1.165) is 54.7 Å². The molecule has 0 saturated heterocycles. The average Bonchev–Trinajstić information content (AvgIpc) is 3.30. The zero-order valence-electron chi connectivity index (χ0n) is 15.2. The summed E-state index contributed by atoms with van der Waals surface area (Å²) in [5, 5.41) is 5.14. The van der Waals surface area contributed by atoms with Crippen LogP contribution in [0.15, 0.2) is 83.3 Å². The van der Waals surface area contributed by atoms with Crippen molar-refractivity contribution in [3.63, 3.8) is 0 Å². The van der Waals surface area contributed by atoms with Crippen LogP contribution in [0.25, 0.3) is 60.3 Å². The third kappa shape index (κ3) is 1.88. The maximum atomic E-state index is 13.7. The number of rotatable bonds is 0. The van der Waals surface area contributed by atoms with Gasteiger partial charge < -0.3 is 4.42 Å². The molecule has 0 spiro atoms. The maximum Gasteiger partial charge on any atom is 0.146 e. The summed E-state index contributed by atoms with van der Waals surface area (Å²) < 4.78 is 21.9. The summed E-state index contributed by atoms with van der Waals surface area (Å²) in [4.78, 5) is 4.95. The number of para-hydroxylation sites is 3. The summed E-state index contributed by atoms with van der Waals surface area (Å²) >= 11 is 0. The Kier molecular flexibility index (Phi) is 2.66. The van der Waals surface area contributed by atoms with E-state index >= 15 is 0 Å². The normalized spacial score (nSPS) is 12.3. The Morgan fingerprint density at radius 2 is 1.45 bits per heavy atom. The van der Waals surface area contributed by atoms with E-state index in [-0.39, 0.29) is 5.82 Å². The first-order chi connectivity index (χ1) is 14.3. The van der Waals surface area contributed by atoms with Crippen LogP contribution in [-0.4, -0.2) is 9.38 Å². The van der Waals surface area contributed by atoms with Gasteiger partial charge in [-0.25, -0.2) is 9.37 Å². The van der Waals surface area contributed by atoms with E-state index in [1.54, 1.807) is 6.07 Å². The number of nitrogens with zero attached hydrogens (tertiary/aromatic N) is 2. The quantitative estimate of drug-likeness (QED) is 0.272. The molecule has 0 amide bonds. The molecule has 4 aromatic carbocycles. The molecule has 0 unspecified atom stereocenters. The van der Waals surface area contributed by atoms with E-state index in [0.29, 0.717) is 5.58 Å². The second kappa shape index (κ2) is 5.11. The van der Waals surface area contributed by atoms with E-state index < -0.39 is 0 Å². The van der Waals surface area contributed by atoms with Gasteiger partial charge >= 0.3 is 0 Å². The fraction of sp³-hybridized carbons (Fsp3) is 0. The van der Waals surface area contributed by atoms with Gasteiger partial charge in [0.15, 0.2) is 0 Å². The second-order valence-electron chi connectivity index (χ2n) is 7.41. The first kappa shape index (κ1) is 15.1. The number of halogens is 1. The Labute approximate surface area is 163 Å². The van der Waals surface area contributed by atoms with E-state index in [1.807, 2.05) is 30.3 Å². The Bertz CT molecular complexity index is 1770. The third-order valence-electron chi connectivity index (χ3n) is 5.81. The van der Waals surface area contributed by atoms with Crippen molar-refractivity contribution in [3.8, 4) is 0 Å². The molecule has 0 radical (unpaired) electrons. The lowest BCUT2D eigenvalue weighted by Gasteiger charge is -2.09. The molecule has 29 heavy (non-hydrogen) atoms. The van der Waals surface area contributed by atoms with Gasteiger partial charge in [-0.2, -0.15) is 0 Å². The van der Waals surface area contributed by atoms with Crippen LogP contribution >= 0.6 is 0 Å². The van der Waals surface area contributed by atoms with Gasteiger partial charge in [0.25, 0.3) is 0 Å². The van der Waals surface area contributed by atoms with Crippen molar-refractivity contribution in [2.75, 3.05) is 0 Å². The first-order valence-electron chi connectivity index (χ1n) is 9.51. The van der Waals surface area contributed by atoms with E-state index in [1.165, 1.54) is 12.1 Å². The molecule has 0 aliphatic heterocycles. The van der Waals surface area contributed by atoms with Gasteiger partial charge in [-0.3, -0.25) is 4.40 Å². The minimum absolute atomic E-state index is 0.298. The van der Waals surface area contributed by atoms with Gasteiger partial charge in [0.1, 0.15) is 22.6 Å². The average molecular weight is 376 g/mol. The lowest BCUT2D eigenvalue weighted by atomic mass is 10.0. The van der Waals surface area contributed by atoms with Crippen molar-refractivity contribution in [1.29, 1.82) is 0 Å². The predicted molar refractivity (Wildman–Crippen MR) is 115 cm³/mol. The van der Waals surface area contributed by atoms with Crippen molar-refractivity contribution in [2.24, 2.45) is 0 Å². The summed E-state index contributed by atoms with van der Waals surface area (Å²) in [5.74, 6) is -0.298. The van der Waals surface area contributed by atoms with Gasteiger partial charge in [0, 0.05) is 27.6 Å². The molecule has 7 aromatic rings. The van der Waals surface area contributed by atoms with Crippen molar-refractivity contribution >= 4 is 60.3 Å². The lowest BCUT2D eigenvalue weighted by Crippen LogP contribution is -1.91. The SMILES string of the molecule is Fc1ccc2c(c1)oc1cc3c4ccccc4n4c5ccccc5nc4c3cc12. The maximum absolute atomic E-state index is 13.7. The van der Waals surface area contributed by atoms with Crippen LogP contribution in [0.3, 0.4) is 0 Å². The van der Waals surface area contributed by atoms with E-state index in [9.17, 15) is 4.39 Å². The minimum atomic E-state index is -0.298. The molecule has 3 aromatic heterocycles. The highest BCUT2D eigenvalue weighted by molar-refractivity contribution is 6.20. The van der Waals surface area contributed by atoms with Crippen LogP contribution in [0.1, 0.15) is 0 Å². The molecule has 0 N–H and O–H groups in total. The number of benzene rings is 4. The number of hydrogen-bond acceptors (Lipinski definition) is 2. The summed E-state index contributed by atoms with van der Waals surface area (Å²) in [6, 6.07) is 25.4. The molecular weight excluding hydrogens is 363 g/mol.